The second-order valence-corrected chi connectivity index (χ2v) is 21.0. The zero-order valence-corrected chi connectivity index (χ0v) is 44.2. The third-order valence-corrected chi connectivity index (χ3v) is 17.2. The first-order chi connectivity index (χ1) is 36.7. The van der Waals surface area contributed by atoms with Gasteiger partial charge in [0.1, 0.15) is 0 Å². The minimum atomic E-state index is -0.729. The molecule has 4 aliphatic carbocycles. The van der Waals surface area contributed by atoms with Crippen molar-refractivity contribution in [1.29, 1.82) is 0 Å². The van der Waals surface area contributed by atoms with E-state index in [1.54, 1.807) is 0 Å². The van der Waals surface area contributed by atoms with E-state index in [1.807, 2.05) is 24.5 Å². The van der Waals surface area contributed by atoms with Gasteiger partial charge in [-0.05, 0) is 134 Å². The third-order valence-electron chi connectivity index (χ3n) is 17.2. The van der Waals surface area contributed by atoms with Crippen molar-refractivity contribution in [2.24, 2.45) is 0 Å². The largest absolute Gasteiger partial charge is 2.00 e. The van der Waals surface area contributed by atoms with Crippen molar-refractivity contribution >= 4 is 11.1 Å². The predicted molar refractivity (Wildman–Crippen MR) is 301 cm³/mol. The molecule has 0 spiro atoms. The molecular weight excluding hydrogens is 1090 g/mol. The van der Waals surface area contributed by atoms with Crippen LogP contribution in [0.1, 0.15) is 141 Å². The summed E-state index contributed by atoms with van der Waals surface area (Å²) < 4.78 is 0. The average molecular weight is 1140 g/mol. The molecule has 0 aliphatic heterocycles. The number of rotatable bonds is 10. The Hall–Kier alpha value is -7.51. The van der Waals surface area contributed by atoms with Crippen LogP contribution >= 0.6 is 0 Å². The molecule has 0 N–H and O–H groups in total. The summed E-state index contributed by atoms with van der Waals surface area (Å²) in [4.78, 5) is 10.5. The van der Waals surface area contributed by atoms with Gasteiger partial charge in [0, 0.05) is 12.4 Å². The number of hydrogen-bond acceptors (Lipinski definition) is 2. The van der Waals surface area contributed by atoms with Crippen molar-refractivity contribution in [2.75, 3.05) is 0 Å². The van der Waals surface area contributed by atoms with Crippen LogP contribution in [0.25, 0.3) is 33.4 Å². The van der Waals surface area contributed by atoms with Gasteiger partial charge in [0.05, 0.1) is 22.2 Å². The molecule has 0 atom stereocenters. The average Bonchev–Trinajstić information content (AvgIpc) is 4.34. The van der Waals surface area contributed by atoms with Crippen molar-refractivity contribution in [2.45, 2.75) is 74.0 Å². The monoisotopic (exact) mass is 1140 g/mol. The van der Waals surface area contributed by atoms with Crippen LogP contribution in [0.2, 0.25) is 0 Å². The molecule has 2 nitrogen and oxygen atoms in total. The molecule has 10 aromatic rings. The normalized spacial score (nSPS) is 15.8. The third kappa shape index (κ3) is 7.62. The fourth-order valence-electron chi connectivity index (χ4n) is 13.9. The molecule has 14 rings (SSSR count). The number of aromatic nitrogens is 2. The van der Waals surface area contributed by atoms with E-state index in [9.17, 15) is 0 Å². The van der Waals surface area contributed by atoms with Crippen molar-refractivity contribution in [1.82, 2.24) is 9.97 Å². The molecule has 75 heavy (non-hydrogen) atoms. The molecule has 0 amide bonds. The molecule has 0 saturated heterocycles. The maximum atomic E-state index is 5.24. The summed E-state index contributed by atoms with van der Waals surface area (Å²) in [6.45, 7) is 0. The molecule has 364 valence electrons. The second-order valence-electron chi connectivity index (χ2n) is 21.0. The second kappa shape index (κ2) is 19.6. The van der Waals surface area contributed by atoms with Gasteiger partial charge >= 0.3 is 21.1 Å². The van der Waals surface area contributed by atoms with Gasteiger partial charge < -0.3 is 0 Å². The van der Waals surface area contributed by atoms with E-state index in [-0.39, 0.29) is 21.1 Å². The van der Waals surface area contributed by atoms with Gasteiger partial charge in [-0.15, -0.1) is 76.4 Å². The Labute approximate surface area is 456 Å². The first-order valence-corrected chi connectivity index (χ1v) is 26.9. The van der Waals surface area contributed by atoms with Gasteiger partial charge in [0.2, 0.25) is 0 Å². The van der Waals surface area contributed by atoms with E-state index < -0.39 is 10.8 Å². The fourth-order valence-corrected chi connectivity index (χ4v) is 13.9. The van der Waals surface area contributed by atoms with Crippen LogP contribution in [-0.2, 0) is 31.9 Å². The Morgan fingerprint density at radius 2 is 0.693 bits per heavy atom. The predicted octanol–water partition coefficient (Wildman–Crippen LogP) is 17.1. The molecule has 2 saturated carbocycles. The molecule has 2 aromatic heterocycles. The first kappa shape index (κ1) is 47.2. The smallest absolute Gasteiger partial charge is 0.260 e. The van der Waals surface area contributed by atoms with Crippen LogP contribution in [0.5, 0.6) is 0 Å². The van der Waals surface area contributed by atoms with Crippen molar-refractivity contribution in [3.63, 3.8) is 0 Å². The number of hydrogen-bond donors (Lipinski definition) is 0. The Morgan fingerprint density at radius 3 is 1.04 bits per heavy atom. The van der Waals surface area contributed by atoms with Gasteiger partial charge in [0.25, 0.3) is 0 Å². The van der Waals surface area contributed by atoms with Gasteiger partial charge in [0.15, 0.2) is 0 Å². The number of pyridine rings is 2. The van der Waals surface area contributed by atoms with Gasteiger partial charge in [-0.25, -0.2) is 0 Å². The molecule has 4 aliphatic rings. The van der Waals surface area contributed by atoms with Crippen LogP contribution in [-0.4, -0.2) is 9.97 Å². The summed E-state index contributed by atoms with van der Waals surface area (Å²) in [6, 6.07) is 89.8. The SMILES string of the molecule is [Pt+2].[c-]1c(C(=C(c2ccc(C3CCCC3)cc2)c2ccc(C3CCCC3)cc2)c2[c-]c(C3(c4ccccn4)c4ccccc4-c4ccccc43)ccc2)cccc1C1(c2ccccn2)c2ccccc2-c2ccccc21. The Bertz CT molecular complexity index is 3390. The molecule has 3 heteroatoms. The van der Waals surface area contributed by atoms with Gasteiger partial charge in [-0.1, -0.05) is 183 Å². The topological polar surface area (TPSA) is 25.8 Å². The first-order valence-electron chi connectivity index (χ1n) is 26.9. The van der Waals surface area contributed by atoms with Crippen LogP contribution in [0, 0.1) is 12.1 Å². The van der Waals surface area contributed by atoms with Gasteiger partial charge in [-0.3, -0.25) is 9.97 Å². The summed E-state index contributed by atoms with van der Waals surface area (Å²) in [5.74, 6) is 1.22. The molecular formula is C72H56N2Pt. The molecule has 2 heterocycles. The minimum Gasteiger partial charge on any atom is -0.260 e. The zero-order chi connectivity index (χ0) is 49.1. The van der Waals surface area contributed by atoms with Gasteiger partial charge in [-0.2, -0.15) is 0 Å². The number of nitrogens with zero attached hydrogens (tertiary/aromatic N) is 2. The van der Waals surface area contributed by atoms with E-state index in [4.69, 9.17) is 9.97 Å². The van der Waals surface area contributed by atoms with Crippen molar-refractivity contribution in [3.8, 4) is 22.3 Å². The molecule has 0 unspecified atom stereocenters. The van der Waals surface area contributed by atoms with Crippen LogP contribution in [0.15, 0.2) is 231 Å². The Kier molecular flexibility index (Phi) is 12.4. The van der Waals surface area contributed by atoms with Crippen molar-refractivity contribution in [3.05, 3.63) is 321 Å². The molecule has 2 fully saturated rings. The quantitative estimate of drug-likeness (QED) is 0.101. The van der Waals surface area contributed by atoms with Crippen molar-refractivity contribution < 1.29 is 21.1 Å². The van der Waals surface area contributed by atoms with Crippen LogP contribution < -0.4 is 0 Å². The van der Waals surface area contributed by atoms with Crippen LogP contribution in [0.4, 0.5) is 0 Å². The van der Waals surface area contributed by atoms with E-state index in [1.165, 1.54) is 124 Å². The molecule has 0 radical (unpaired) electrons. The Morgan fingerprint density at radius 1 is 0.347 bits per heavy atom. The van der Waals surface area contributed by atoms with E-state index >= 15 is 0 Å². The summed E-state index contributed by atoms with van der Waals surface area (Å²) in [7, 11) is 0. The standard InChI is InChI=1S/C72H56N2.Pt/c1-2-20-49(19-1)51-37-41-53(42-38-51)69(54-43-39-52(40-44-54)50-21-3-4-22-50)70(55-23-17-25-57(47-55)71(67-35-13-15-45-73-67)63-31-9-5-27-59(63)60-28-6-10-32-64(60)71)56-24-18-26-58(48-56)72(68-36-14-16-46-74-68)65-33-11-7-29-61(65)62-30-8-12-34-66(62)72;/h5-18,23-46,49-50H,1-4,19-22H2;/q-2;+2. The maximum Gasteiger partial charge on any atom is 2.00 e. The molecule has 8 aromatic carbocycles. The number of fused-ring (bicyclic) bond motifs is 6. The molecule has 0 bridgehead atoms. The van der Waals surface area contributed by atoms with Crippen LogP contribution in [0.3, 0.4) is 0 Å². The summed E-state index contributed by atoms with van der Waals surface area (Å²) in [5.41, 5.74) is 21.9. The maximum absolute atomic E-state index is 5.24. The Balaban J connectivity index is 0.00000541. The summed E-state index contributed by atoms with van der Waals surface area (Å²) >= 11 is 0. The summed E-state index contributed by atoms with van der Waals surface area (Å²) in [6.07, 6.45) is 14.1. The zero-order valence-electron chi connectivity index (χ0n) is 42.0. The number of benzene rings is 8. The van der Waals surface area contributed by atoms with E-state index in [0.29, 0.717) is 11.8 Å². The fraction of sp³-hybridized carbons (Fsp3) is 0.167. The van der Waals surface area contributed by atoms with E-state index in [2.05, 4.69) is 218 Å². The minimum absolute atomic E-state index is 0. The van der Waals surface area contributed by atoms with E-state index in [0.717, 1.165) is 39.2 Å². The summed E-state index contributed by atoms with van der Waals surface area (Å²) in [5, 5.41) is 0.